The summed E-state index contributed by atoms with van der Waals surface area (Å²) in [7, 11) is 0. The van der Waals surface area contributed by atoms with Crippen molar-refractivity contribution in [3.05, 3.63) is 121 Å². The molecule has 0 N–H and O–H groups in total. The summed E-state index contributed by atoms with van der Waals surface area (Å²) in [5, 5.41) is 8.25. The minimum atomic E-state index is 0.907. The van der Waals surface area contributed by atoms with Crippen LogP contribution >= 0.6 is 11.3 Å². The summed E-state index contributed by atoms with van der Waals surface area (Å²) in [5.74, 6) is 0. The number of thiazole rings is 1. The summed E-state index contributed by atoms with van der Waals surface area (Å²) in [4.78, 5) is 5.19. The number of furan rings is 1. The lowest BCUT2D eigenvalue weighted by Gasteiger charge is -2.08. The standard InChI is InChI=1S/C35H20N2OS/c1-2-11-23(12-3-1)37-28-15-8-14-25(32(28)26-19-21-9-4-5-10-22(21)20-29(26)37)35-36-27-17-18-31-33(34(27)39-35)24-13-6-7-16-30(24)38-31/h1-20H. The molecule has 0 unspecified atom stereocenters. The minimum absolute atomic E-state index is 0.907. The van der Waals surface area contributed by atoms with Gasteiger partial charge in [-0.05, 0) is 59.3 Å². The average Bonchev–Trinajstić information content (AvgIpc) is 3.67. The van der Waals surface area contributed by atoms with E-state index in [0.717, 1.165) is 43.7 Å². The van der Waals surface area contributed by atoms with Gasteiger partial charge in [-0.3, -0.25) is 0 Å². The van der Waals surface area contributed by atoms with Gasteiger partial charge in [-0.25, -0.2) is 4.98 Å². The molecule has 3 nitrogen and oxygen atoms in total. The van der Waals surface area contributed by atoms with Crippen LogP contribution in [0.3, 0.4) is 0 Å². The molecule has 0 atom stereocenters. The predicted octanol–water partition coefficient (Wildman–Crippen LogP) is 10.1. The maximum absolute atomic E-state index is 6.17. The Morgan fingerprint density at radius 1 is 0.590 bits per heavy atom. The Balaban J connectivity index is 1.41. The lowest BCUT2D eigenvalue weighted by Crippen LogP contribution is -1.93. The highest BCUT2D eigenvalue weighted by Crippen LogP contribution is 2.44. The van der Waals surface area contributed by atoms with Gasteiger partial charge >= 0.3 is 0 Å². The third kappa shape index (κ3) is 2.95. The van der Waals surface area contributed by atoms with Gasteiger partial charge in [0.2, 0.25) is 0 Å². The monoisotopic (exact) mass is 516 g/mol. The van der Waals surface area contributed by atoms with Gasteiger partial charge in [0.15, 0.2) is 0 Å². The van der Waals surface area contributed by atoms with Gasteiger partial charge in [0.25, 0.3) is 0 Å². The zero-order valence-electron chi connectivity index (χ0n) is 20.8. The van der Waals surface area contributed by atoms with Gasteiger partial charge in [-0.15, -0.1) is 11.3 Å². The summed E-state index contributed by atoms with van der Waals surface area (Å²) in [6, 6.07) is 42.9. The van der Waals surface area contributed by atoms with E-state index in [1.807, 2.05) is 12.1 Å². The summed E-state index contributed by atoms with van der Waals surface area (Å²) < 4.78 is 9.73. The molecule has 0 spiro atoms. The van der Waals surface area contributed by atoms with Crippen molar-refractivity contribution in [3.8, 4) is 16.3 Å². The first-order chi connectivity index (χ1) is 19.3. The van der Waals surface area contributed by atoms with Gasteiger partial charge in [-0.2, -0.15) is 0 Å². The molecule has 0 aliphatic heterocycles. The number of nitrogens with zero attached hydrogens (tertiary/aromatic N) is 2. The minimum Gasteiger partial charge on any atom is -0.456 e. The number of fused-ring (bicyclic) bond motifs is 9. The van der Waals surface area contributed by atoms with Crippen molar-refractivity contribution in [2.24, 2.45) is 0 Å². The molecule has 0 aliphatic rings. The van der Waals surface area contributed by atoms with Crippen molar-refractivity contribution in [1.29, 1.82) is 0 Å². The summed E-state index contributed by atoms with van der Waals surface area (Å²) in [6.45, 7) is 0. The molecular weight excluding hydrogens is 496 g/mol. The molecule has 0 saturated carbocycles. The largest absolute Gasteiger partial charge is 0.456 e. The third-order valence-electron chi connectivity index (χ3n) is 7.80. The van der Waals surface area contributed by atoms with E-state index in [1.54, 1.807) is 11.3 Å². The molecule has 182 valence electrons. The van der Waals surface area contributed by atoms with Crippen LogP contribution in [-0.2, 0) is 0 Å². The van der Waals surface area contributed by atoms with Crippen molar-refractivity contribution in [3.63, 3.8) is 0 Å². The SMILES string of the molecule is c1ccc(-n2c3cc4ccccc4cc3c3c(-c4nc5ccc6oc7ccccc7c6c5s4)cccc32)cc1. The first-order valence-electron chi connectivity index (χ1n) is 13.1. The van der Waals surface area contributed by atoms with Crippen molar-refractivity contribution in [2.75, 3.05) is 0 Å². The molecule has 0 amide bonds. The Bertz CT molecular complexity index is 2390. The van der Waals surface area contributed by atoms with Gasteiger partial charge in [-0.1, -0.05) is 72.8 Å². The van der Waals surface area contributed by atoms with Crippen LogP contribution in [0.1, 0.15) is 0 Å². The van der Waals surface area contributed by atoms with E-state index in [9.17, 15) is 0 Å². The van der Waals surface area contributed by atoms with Gasteiger partial charge in [0.05, 0.1) is 21.3 Å². The maximum Gasteiger partial charge on any atom is 0.137 e. The van der Waals surface area contributed by atoms with E-state index < -0.39 is 0 Å². The molecule has 39 heavy (non-hydrogen) atoms. The lowest BCUT2D eigenvalue weighted by atomic mass is 10.0. The topological polar surface area (TPSA) is 31.0 Å². The Kier molecular flexibility index (Phi) is 4.21. The molecule has 4 heteroatoms. The Hall–Kier alpha value is -4.93. The molecule has 0 bridgehead atoms. The van der Waals surface area contributed by atoms with Crippen LogP contribution in [0.4, 0.5) is 0 Å². The molecule has 3 aromatic heterocycles. The van der Waals surface area contributed by atoms with E-state index in [2.05, 4.69) is 114 Å². The van der Waals surface area contributed by atoms with E-state index in [4.69, 9.17) is 9.40 Å². The predicted molar refractivity (Wildman–Crippen MR) is 164 cm³/mol. The van der Waals surface area contributed by atoms with Crippen LogP contribution in [0.2, 0.25) is 0 Å². The van der Waals surface area contributed by atoms with Crippen molar-refractivity contribution in [1.82, 2.24) is 9.55 Å². The highest BCUT2D eigenvalue weighted by molar-refractivity contribution is 7.22. The molecule has 3 heterocycles. The molecule has 9 rings (SSSR count). The molecule has 0 fully saturated rings. The third-order valence-corrected chi connectivity index (χ3v) is 8.92. The molecule has 9 aromatic rings. The fourth-order valence-electron chi connectivity index (χ4n) is 6.10. The number of hydrogen-bond acceptors (Lipinski definition) is 3. The van der Waals surface area contributed by atoms with Crippen LogP contribution < -0.4 is 0 Å². The molecular formula is C35H20N2OS. The molecule has 6 aromatic carbocycles. The lowest BCUT2D eigenvalue weighted by molar-refractivity contribution is 0.669. The van der Waals surface area contributed by atoms with Gasteiger partial charge in [0.1, 0.15) is 16.2 Å². The molecule has 0 aliphatic carbocycles. The first kappa shape index (κ1) is 21.1. The number of benzene rings is 6. The number of para-hydroxylation sites is 2. The van der Waals surface area contributed by atoms with E-state index >= 15 is 0 Å². The van der Waals surface area contributed by atoms with Crippen LogP contribution in [0.15, 0.2) is 126 Å². The Morgan fingerprint density at radius 2 is 1.38 bits per heavy atom. The zero-order chi connectivity index (χ0) is 25.5. The van der Waals surface area contributed by atoms with Crippen molar-refractivity contribution in [2.45, 2.75) is 0 Å². The van der Waals surface area contributed by atoms with Gasteiger partial charge < -0.3 is 8.98 Å². The molecule has 0 saturated heterocycles. The quantitative estimate of drug-likeness (QED) is 0.229. The van der Waals surface area contributed by atoms with Gasteiger partial charge in [0, 0.05) is 32.8 Å². The Morgan fingerprint density at radius 3 is 2.28 bits per heavy atom. The van der Waals surface area contributed by atoms with Crippen molar-refractivity contribution >= 4 is 76.1 Å². The second-order valence-corrected chi connectivity index (χ2v) is 11.0. The number of aromatic nitrogens is 2. The van der Waals surface area contributed by atoms with E-state index in [1.165, 1.54) is 37.3 Å². The normalized spacial score (nSPS) is 12.1. The zero-order valence-corrected chi connectivity index (χ0v) is 21.6. The second kappa shape index (κ2) is 7.79. The smallest absolute Gasteiger partial charge is 0.137 e. The highest BCUT2D eigenvalue weighted by atomic mass is 32.1. The average molecular weight is 517 g/mol. The number of rotatable bonds is 2. The fourth-order valence-corrected chi connectivity index (χ4v) is 7.24. The second-order valence-electron chi connectivity index (χ2n) is 9.99. The summed E-state index contributed by atoms with van der Waals surface area (Å²) >= 11 is 1.75. The van der Waals surface area contributed by atoms with Crippen molar-refractivity contribution < 1.29 is 4.42 Å². The highest BCUT2D eigenvalue weighted by Gasteiger charge is 2.20. The van der Waals surface area contributed by atoms with Crippen LogP contribution in [0, 0.1) is 0 Å². The Labute approximate surface area is 227 Å². The van der Waals surface area contributed by atoms with E-state index in [0.29, 0.717) is 0 Å². The summed E-state index contributed by atoms with van der Waals surface area (Å²) in [5.41, 5.74) is 7.52. The number of hydrogen-bond donors (Lipinski definition) is 0. The first-order valence-corrected chi connectivity index (χ1v) is 13.9. The fraction of sp³-hybridized carbons (Fsp3) is 0. The van der Waals surface area contributed by atoms with Crippen LogP contribution in [0.25, 0.3) is 81.0 Å². The molecule has 0 radical (unpaired) electrons. The summed E-state index contributed by atoms with van der Waals surface area (Å²) in [6.07, 6.45) is 0. The van der Waals surface area contributed by atoms with Crippen LogP contribution in [0.5, 0.6) is 0 Å². The maximum atomic E-state index is 6.17. The van der Waals surface area contributed by atoms with E-state index in [-0.39, 0.29) is 0 Å². The van der Waals surface area contributed by atoms with Crippen LogP contribution in [-0.4, -0.2) is 9.55 Å².